The van der Waals surface area contributed by atoms with Crippen LogP contribution >= 0.6 is 0 Å². The first-order valence-electron chi connectivity index (χ1n) is 6.53. The Bertz CT molecular complexity index is 604. The van der Waals surface area contributed by atoms with Crippen molar-refractivity contribution in [2.24, 2.45) is 0 Å². The van der Waals surface area contributed by atoms with Gasteiger partial charge in [-0.05, 0) is 48.6 Å². The quantitative estimate of drug-likeness (QED) is 0.893. The second-order valence-corrected chi connectivity index (χ2v) is 4.92. The molecule has 0 amide bonds. The molecule has 1 N–H and O–H groups in total. The standard InChI is InChI=1S/C16H15NO2/c18-16(19)13-8-6-11(7-9-13)14-5-1-3-12-4-2-10-17-15(12)14/h2,4,6-10,14H,1,3,5H2,(H,18,19). The number of pyridine rings is 1. The van der Waals surface area contributed by atoms with Gasteiger partial charge < -0.3 is 5.11 Å². The van der Waals surface area contributed by atoms with Gasteiger partial charge in [0.2, 0.25) is 0 Å². The third kappa shape index (κ3) is 2.24. The molecular weight excluding hydrogens is 238 g/mol. The van der Waals surface area contributed by atoms with Crippen molar-refractivity contribution in [3.63, 3.8) is 0 Å². The molecule has 1 heterocycles. The molecule has 0 aliphatic heterocycles. The normalized spacial score (nSPS) is 17.8. The monoisotopic (exact) mass is 253 g/mol. The summed E-state index contributed by atoms with van der Waals surface area (Å²) in [5.74, 6) is -0.582. The van der Waals surface area contributed by atoms with Gasteiger partial charge in [0.15, 0.2) is 0 Å². The van der Waals surface area contributed by atoms with Crippen LogP contribution < -0.4 is 0 Å². The fourth-order valence-electron chi connectivity index (χ4n) is 2.79. The first kappa shape index (κ1) is 11.9. The Morgan fingerprint density at radius 1 is 1.21 bits per heavy atom. The SMILES string of the molecule is O=C(O)c1ccc(C2CCCc3cccnc32)cc1. The molecule has 0 radical (unpaired) electrons. The average molecular weight is 253 g/mol. The molecule has 2 aromatic rings. The van der Waals surface area contributed by atoms with Crippen LogP contribution in [0.15, 0.2) is 42.6 Å². The highest BCUT2D eigenvalue weighted by Crippen LogP contribution is 2.35. The van der Waals surface area contributed by atoms with Gasteiger partial charge in [-0.1, -0.05) is 18.2 Å². The van der Waals surface area contributed by atoms with Crippen molar-refractivity contribution in [3.8, 4) is 0 Å². The second-order valence-electron chi connectivity index (χ2n) is 4.92. The number of hydrogen-bond donors (Lipinski definition) is 1. The summed E-state index contributed by atoms with van der Waals surface area (Å²) in [5, 5.41) is 8.93. The van der Waals surface area contributed by atoms with Crippen molar-refractivity contribution in [2.45, 2.75) is 25.2 Å². The maximum atomic E-state index is 10.9. The number of carboxylic acids is 1. The second kappa shape index (κ2) is 4.84. The van der Waals surface area contributed by atoms with E-state index in [-0.39, 0.29) is 0 Å². The fourth-order valence-corrected chi connectivity index (χ4v) is 2.79. The minimum Gasteiger partial charge on any atom is -0.478 e. The van der Waals surface area contributed by atoms with E-state index < -0.39 is 5.97 Å². The molecule has 3 heteroatoms. The fraction of sp³-hybridized carbons (Fsp3) is 0.250. The molecule has 1 aliphatic rings. The molecule has 3 rings (SSSR count). The van der Waals surface area contributed by atoms with Gasteiger partial charge in [0.05, 0.1) is 11.3 Å². The molecule has 19 heavy (non-hydrogen) atoms. The van der Waals surface area contributed by atoms with E-state index in [1.807, 2.05) is 24.4 Å². The molecule has 1 aliphatic carbocycles. The minimum absolute atomic E-state index is 0.299. The van der Waals surface area contributed by atoms with E-state index in [1.165, 1.54) is 5.56 Å². The molecule has 0 saturated heterocycles. The molecule has 1 atom stereocenters. The summed E-state index contributed by atoms with van der Waals surface area (Å²) in [6, 6.07) is 11.3. The van der Waals surface area contributed by atoms with Crippen LogP contribution in [0.2, 0.25) is 0 Å². The highest BCUT2D eigenvalue weighted by Gasteiger charge is 2.22. The first-order valence-corrected chi connectivity index (χ1v) is 6.53. The van der Waals surface area contributed by atoms with Crippen molar-refractivity contribution >= 4 is 5.97 Å². The van der Waals surface area contributed by atoms with E-state index >= 15 is 0 Å². The molecule has 1 unspecified atom stereocenters. The lowest BCUT2D eigenvalue weighted by molar-refractivity contribution is 0.0697. The van der Waals surface area contributed by atoms with E-state index in [9.17, 15) is 4.79 Å². The summed E-state index contributed by atoms with van der Waals surface area (Å²) in [6.07, 6.45) is 5.16. The van der Waals surface area contributed by atoms with Gasteiger partial charge in [0.1, 0.15) is 0 Å². The number of aromatic carboxylic acids is 1. The van der Waals surface area contributed by atoms with Crippen molar-refractivity contribution in [2.75, 3.05) is 0 Å². The number of carboxylic acid groups (broad SMARTS) is 1. The minimum atomic E-state index is -0.881. The lowest BCUT2D eigenvalue weighted by atomic mass is 9.82. The molecule has 1 aromatic heterocycles. The predicted molar refractivity (Wildman–Crippen MR) is 72.4 cm³/mol. The lowest BCUT2D eigenvalue weighted by Gasteiger charge is -2.24. The summed E-state index contributed by atoms with van der Waals surface area (Å²) in [4.78, 5) is 15.4. The topological polar surface area (TPSA) is 50.2 Å². The number of rotatable bonds is 2. The summed E-state index contributed by atoms with van der Waals surface area (Å²) in [6.45, 7) is 0. The van der Waals surface area contributed by atoms with Crippen LogP contribution in [0.25, 0.3) is 0 Å². The molecule has 1 aromatic carbocycles. The third-order valence-electron chi connectivity index (χ3n) is 3.76. The van der Waals surface area contributed by atoms with E-state index in [1.54, 1.807) is 12.1 Å². The lowest BCUT2D eigenvalue weighted by Crippen LogP contribution is -2.13. The van der Waals surface area contributed by atoms with Crippen LogP contribution in [-0.4, -0.2) is 16.1 Å². The maximum absolute atomic E-state index is 10.9. The third-order valence-corrected chi connectivity index (χ3v) is 3.76. The van der Waals surface area contributed by atoms with Crippen molar-refractivity contribution in [3.05, 3.63) is 65.0 Å². The van der Waals surface area contributed by atoms with Crippen molar-refractivity contribution < 1.29 is 9.90 Å². The zero-order valence-electron chi connectivity index (χ0n) is 10.5. The largest absolute Gasteiger partial charge is 0.478 e. The zero-order chi connectivity index (χ0) is 13.2. The number of aromatic nitrogens is 1. The van der Waals surface area contributed by atoms with Gasteiger partial charge in [-0.3, -0.25) is 4.98 Å². The Hall–Kier alpha value is -2.16. The number of nitrogens with zero attached hydrogens (tertiary/aromatic N) is 1. The number of carbonyl (C=O) groups is 1. The number of hydrogen-bond acceptors (Lipinski definition) is 2. The van der Waals surface area contributed by atoms with E-state index in [0.29, 0.717) is 11.5 Å². The van der Waals surface area contributed by atoms with Gasteiger partial charge in [-0.15, -0.1) is 0 Å². The molecule has 0 fully saturated rings. The van der Waals surface area contributed by atoms with Crippen LogP contribution in [-0.2, 0) is 6.42 Å². The highest BCUT2D eigenvalue weighted by molar-refractivity contribution is 5.87. The van der Waals surface area contributed by atoms with E-state index in [2.05, 4.69) is 11.1 Å². The Kier molecular flexibility index (Phi) is 3.03. The van der Waals surface area contributed by atoms with Crippen LogP contribution in [0, 0.1) is 0 Å². The van der Waals surface area contributed by atoms with E-state index in [0.717, 1.165) is 30.5 Å². The molecule has 96 valence electrons. The Morgan fingerprint density at radius 3 is 2.74 bits per heavy atom. The molecule has 0 saturated carbocycles. The van der Waals surface area contributed by atoms with Gasteiger partial charge in [0.25, 0.3) is 0 Å². The van der Waals surface area contributed by atoms with E-state index in [4.69, 9.17) is 5.11 Å². The highest BCUT2D eigenvalue weighted by atomic mass is 16.4. The Labute approximate surface area is 111 Å². The zero-order valence-corrected chi connectivity index (χ0v) is 10.5. The summed E-state index contributed by atoms with van der Waals surface area (Å²) >= 11 is 0. The van der Waals surface area contributed by atoms with Gasteiger partial charge >= 0.3 is 5.97 Å². The average Bonchev–Trinajstić information content (AvgIpc) is 2.47. The summed E-state index contributed by atoms with van der Waals surface area (Å²) in [5.41, 5.74) is 3.96. The number of fused-ring (bicyclic) bond motifs is 1. The first-order chi connectivity index (χ1) is 9.25. The van der Waals surface area contributed by atoms with Crippen LogP contribution in [0.5, 0.6) is 0 Å². The molecular formula is C16H15NO2. The maximum Gasteiger partial charge on any atom is 0.335 e. The Morgan fingerprint density at radius 2 is 2.00 bits per heavy atom. The van der Waals surface area contributed by atoms with Crippen LogP contribution in [0.4, 0.5) is 0 Å². The Balaban J connectivity index is 1.97. The predicted octanol–water partition coefficient (Wildman–Crippen LogP) is 3.25. The van der Waals surface area contributed by atoms with Gasteiger partial charge in [-0.2, -0.15) is 0 Å². The van der Waals surface area contributed by atoms with Gasteiger partial charge in [0, 0.05) is 12.1 Å². The van der Waals surface area contributed by atoms with Crippen LogP contribution in [0.1, 0.15) is 45.9 Å². The molecule has 0 spiro atoms. The van der Waals surface area contributed by atoms with Gasteiger partial charge in [-0.25, -0.2) is 4.79 Å². The number of aryl methyl sites for hydroxylation is 1. The summed E-state index contributed by atoms with van der Waals surface area (Å²) < 4.78 is 0. The smallest absolute Gasteiger partial charge is 0.335 e. The molecule has 0 bridgehead atoms. The van der Waals surface area contributed by atoms with Crippen molar-refractivity contribution in [1.29, 1.82) is 0 Å². The number of benzene rings is 1. The van der Waals surface area contributed by atoms with Crippen LogP contribution in [0.3, 0.4) is 0 Å². The summed E-state index contributed by atoms with van der Waals surface area (Å²) in [7, 11) is 0. The van der Waals surface area contributed by atoms with Crippen molar-refractivity contribution in [1.82, 2.24) is 4.98 Å². The molecule has 3 nitrogen and oxygen atoms in total.